The molecule has 1 rings (SSSR count). The van der Waals surface area contributed by atoms with Crippen molar-refractivity contribution in [2.45, 2.75) is 39.3 Å². The van der Waals surface area contributed by atoms with Gasteiger partial charge in [-0.3, -0.25) is 9.59 Å². The first-order valence-corrected chi connectivity index (χ1v) is 4.94. The number of carbonyl (C=O) groups excluding carboxylic acids is 2. The molecule has 2 N–H and O–H groups in total. The molecule has 1 heterocycles. The molecule has 1 saturated heterocycles. The molecule has 1 aliphatic heterocycles. The van der Waals surface area contributed by atoms with Crippen LogP contribution in [-0.2, 0) is 14.3 Å². The monoisotopic (exact) mass is 216 g/mol. The van der Waals surface area contributed by atoms with Crippen molar-refractivity contribution in [3.63, 3.8) is 0 Å². The van der Waals surface area contributed by atoms with Gasteiger partial charge in [-0.25, -0.2) is 0 Å². The maximum Gasteiger partial charge on any atom is 0.293 e. The summed E-state index contributed by atoms with van der Waals surface area (Å²) in [5.41, 5.74) is -0.318. The van der Waals surface area contributed by atoms with Gasteiger partial charge in [-0.1, -0.05) is 0 Å². The molecule has 0 aromatic carbocycles. The quantitative estimate of drug-likeness (QED) is 0.640. The fourth-order valence-electron chi connectivity index (χ4n) is 0.823. The lowest BCUT2D eigenvalue weighted by Gasteiger charge is -2.27. The van der Waals surface area contributed by atoms with E-state index in [0.29, 0.717) is 12.5 Å². The fourth-order valence-corrected chi connectivity index (χ4v) is 0.823. The summed E-state index contributed by atoms with van der Waals surface area (Å²) in [5.74, 6) is 0.0662. The summed E-state index contributed by atoms with van der Waals surface area (Å²) in [6, 6.07) is 0.396. The molecule has 5 nitrogen and oxygen atoms in total. The Kier molecular flexibility index (Phi) is 5.93. The van der Waals surface area contributed by atoms with Crippen molar-refractivity contribution in [1.82, 2.24) is 10.6 Å². The molecule has 1 aliphatic rings. The Labute approximate surface area is 90.6 Å². The predicted octanol–water partition coefficient (Wildman–Crippen LogP) is 0.0522. The van der Waals surface area contributed by atoms with Gasteiger partial charge in [0.15, 0.2) is 0 Å². The summed E-state index contributed by atoms with van der Waals surface area (Å²) < 4.78 is 4.55. The molecule has 5 heteroatoms. The molecule has 0 spiro atoms. The van der Waals surface area contributed by atoms with E-state index < -0.39 is 0 Å². The van der Waals surface area contributed by atoms with Crippen molar-refractivity contribution in [2.24, 2.45) is 0 Å². The zero-order chi connectivity index (χ0) is 11.9. The van der Waals surface area contributed by atoms with Gasteiger partial charge < -0.3 is 15.4 Å². The number of rotatable bonds is 2. The third-order valence-electron chi connectivity index (χ3n) is 1.59. The normalized spacial score (nSPS) is 15.5. The second kappa shape index (κ2) is 6.40. The number of hydrogen-bond acceptors (Lipinski definition) is 4. The Morgan fingerprint density at radius 1 is 1.47 bits per heavy atom. The van der Waals surface area contributed by atoms with Crippen molar-refractivity contribution in [3.05, 3.63) is 0 Å². The topological polar surface area (TPSA) is 67.4 Å². The van der Waals surface area contributed by atoms with Crippen LogP contribution in [0, 0.1) is 0 Å². The third-order valence-corrected chi connectivity index (χ3v) is 1.59. The van der Waals surface area contributed by atoms with Crippen molar-refractivity contribution in [1.29, 1.82) is 0 Å². The summed E-state index contributed by atoms with van der Waals surface area (Å²) in [4.78, 5) is 19.9. The van der Waals surface area contributed by atoms with Gasteiger partial charge in [0.1, 0.15) is 5.60 Å². The van der Waals surface area contributed by atoms with Gasteiger partial charge in [-0.15, -0.1) is 0 Å². The Morgan fingerprint density at radius 2 is 2.00 bits per heavy atom. The predicted molar refractivity (Wildman–Crippen MR) is 57.4 cm³/mol. The smallest absolute Gasteiger partial charge is 0.293 e. The minimum atomic E-state index is -0.318. The summed E-state index contributed by atoms with van der Waals surface area (Å²) >= 11 is 0. The lowest BCUT2D eigenvalue weighted by atomic mass is 10.2. The number of nitrogens with one attached hydrogen (secondary N) is 2. The molecule has 0 aromatic rings. The van der Waals surface area contributed by atoms with Gasteiger partial charge in [-0.2, -0.15) is 0 Å². The van der Waals surface area contributed by atoms with Crippen LogP contribution in [0.4, 0.5) is 0 Å². The molecular formula is C10H20N2O3. The number of amides is 1. The van der Waals surface area contributed by atoms with Gasteiger partial charge in [-0.05, 0) is 20.8 Å². The third kappa shape index (κ3) is 9.21. The van der Waals surface area contributed by atoms with Crippen LogP contribution >= 0.6 is 0 Å². The highest BCUT2D eigenvalue weighted by Crippen LogP contribution is 2.02. The van der Waals surface area contributed by atoms with Crippen LogP contribution in [0.3, 0.4) is 0 Å². The van der Waals surface area contributed by atoms with E-state index in [-0.39, 0.29) is 11.5 Å². The minimum absolute atomic E-state index is 0.0662. The average Bonchev–Trinajstić information content (AvgIpc) is 1.95. The van der Waals surface area contributed by atoms with Crippen LogP contribution < -0.4 is 10.6 Å². The van der Waals surface area contributed by atoms with Crippen molar-refractivity contribution in [2.75, 3.05) is 13.1 Å². The van der Waals surface area contributed by atoms with Gasteiger partial charge in [0.2, 0.25) is 5.91 Å². The van der Waals surface area contributed by atoms with Crippen LogP contribution in [0.25, 0.3) is 0 Å². The lowest BCUT2D eigenvalue weighted by molar-refractivity contribution is -0.138. The van der Waals surface area contributed by atoms with Gasteiger partial charge in [0.05, 0.1) is 6.04 Å². The van der Waals surface area contributed by atoms with Crippen LogP contribution in [0.15, 0.2) is 0 Å². The number of carbonyl (C=O) groups is 2. The second-order valence-electron chi connectivity index (χ2n) is 4.38. The van der Waals surface area contributed by atoms with Gasteiger partial charge in [0, 0.05) is 20.0 Å². The fraction of sp³-hybridized carbons (Fsp3) is 0.800. The van der Waals surface area contributed by atoms with E-state index in [0.717, 1.165) is 13.1 Å². The van der Waals surface area contributed by atoms with E-state index in [1.807, 2.05) is 20.8 Å². The van der Waals surface area contributed by atoms with E-state index in [4.69, 9.17) is 0 Å². The highest BCUT2D eigenvalue weighted by Gasteiger charge is 2.15. The first-order chi connectivity index (χ1) is 6.85. The van der Waals surface area contributed by atoms with Crippen LogP contribution in [0.5, 0.6) is 0 Å². The molecule has 0 saturated carbocycles. The highest BCUT2D eigenvalue weighted by atomic mass is 16.5. The Hall–Kier alpha value is -1.10. The zero-order valence-corrected chi connectivity index (χ0v) is 9.79. The first-order valence-electron chi connectivity index (χ1n) is 4.94. The van der Waals surface area contributed by atoms with E-state index in [9.17, 15) is 9.59 Å². The standard InChI is InChI=1S/C5H10N2O.C5H10O2/c1-4(8)7-5-2-6-3-5;1-5(2,3)7-4-6/h5-6H,2-3H2,1H3,(H,7,8);4H,1-3H3. The van der Waals surface area contributed by atoms with E-state index in [2.05, 4.69) is 15.4 Å². The highest BCUT2D eigenvalue weighted by molar-refractivity contribution is 5.73. The minimum Gasteiger partial charge on any atom is -0.462 e. The van der Waals surface area contributed by atoms with E-state index >= 15 is 0 Å². The molecule has 88 valence electrons. The molecular weight excluding hydrogens is 196 g/mol. The van der Waals surface area contributed by atoms with E-state index in [1.165, 1.54) is 0 Å². The maximum absolute atomic E-state index is 10.3. The molecule has 1 fully saturated rings. The molecule has 0 unspecified atom stereocenters. The van der Waals surface area contributed by atoms with Crippen LogP contribution in [-0.4, -0.2) is 37.1 Å². The summed E-state index contributed by atoms with van der Waals surface area (Å²) in [7, 11) is 0. The molecule has 0 radical (unpaired) electrons. The molecule has 0 bridgehead atoms. The largest absolute Gasteiger partial charge is 0.462 e. The number of hydrogen-bond donors (Lipinski definition) is 2. The van der Waals surface area contributed by atoms with E-state index in [1.54, 1.807) is 6.92 Å². The van der Waals surface area contributed by atoms with Gasteiger partial charge in [0.25, 0.3) is 6.47 Å². The van der Waals surface area contributed by atoms with Crippen LogP contribution in [0.2, 0.25) is 0 Å². The Morgan fingerprint density at radius 3 is 2.07 bits per heavy atom. The van der Waals surface area contributed by atoms with Crippen molar-refractivity contribution >= 4 is 12.4 Å². The Balaban J connectivity index is 0.000000265. The SMILES string of the molecule is CC(=O)NC1CNC1.CC(C)(C)OC=O. The molecule has 0 aliphatic carbocycles. The molecule has 0 atom stereocenters. The number of ether oxygens (including phenoxy) is 1. The second-order valence-corrected chi connectivity index (χ2v) is 4.38. The molecule has 0 aromatic heterocycles. The van der Waals surface area contributed by atoms with Crippen molar-refractivity contribution in [3.8, 4) is 0 Å². The molecule has 15 heavy (non-hydrogen) atoms. The summed E-state index contributed by atoms with van der Waals surface area (Å²) in [6.07, 6.45) is 0. The lowest BCUT2D eigenvalue weighted by Crippen LogP contribution is -2.56. The van der Waals surface area contributed by atoms with Gasteiger partial charge >= 0.3 is 0 Å². The first kappa shape index (κ1) is 13.9. The maximum atomic E-state index is 10.3. The Bertz CT molecular complexity index is 207. The summed E-state index contributed by atoms with van der Waals surface area (Å²) in [5, 5.41) is 5.83. The average molecular weight is 216 g/mol. The van der Waals surface area contributed by atoms with Crippen LogP contribution in [0.1, 0.15) is 27.7 Å². The summed E-state index contributed by atoms with van der Waals surface area (Å²) in [6.45, 7) is 9.32. The van der Waals surface area contributed by atoms with Crippen molar-refractivity contribution < 1.29 is 14.3 Å². The molecule has 1 amide bonds. The zero-order valence-electron chi connectivity index (χ0n) is 9.79.